The molecule has 1 heterocycles. The van der Waals surface area contributed by atoms with Crippen LogP contribution in [0.5, 0.6) is 0 Å². The van der Waals surface area contributed by atoms with E-state index in [2.05, 4.69) is 10.4 Å². The zero-order valence-electron chi connectivity index (χ0n) is 11.1. The Bertz CT molecular complexity index is 700. The molecule has 1 aromatic heterocycles. The lowest BCUT2D eigenvalue weighted by atomic mass is 10.1. The predicted molar refractivity (Wildman–Crippen MR) is 71.7 cm³/mol. The number of amides is 1. The van der Waals surface area contributed by atoms with Crippen LogP contribution in [-0.4, -0.2) is 15.7 Å². The van der Waals surface area contributed by atoms with Gasteiger partial charge in [-0.3, -0.25) is 9.48 Å². The van der Waals surface area contributed by atoms with E-state index < -0.39 is 5.82 Å². The normalized spacial score (nSPS) is 10.1. The lowest BCUT2D eigenvalue weighted by molar-refractivity contribution is 0.102. The fraction of sp³-hybridized carbons (Fsp3) is 0.214. The van der Waals surface area contributed by atoms with E-state index in [1.807, 2.05) is 13.0 Å². The van der Waals surface area contributed by atoms with Gasteiger partial charge in [-0.2, -0.15) is 10.4 Å². The van der Waals surface area contributed by atoms with E-state index in [1.165, 1.54) is 12.1 Å². The van der Waals surface area contributed by atoms with E-state index in [0.717, 1.165) is 6.07 Å². The van der Waals surface area contributed by atoms with Crippen molar-refractivity contribution in [3.63, 3.8) is 0 Å². The summed E-state index contributed by atoms with van der Waals surface area (Å²) in [6, 6.07) is 5.50. The lowest BCUT2D eigenvalue weighted by Gasteiger charge is -2.06. The number of rotatable bonds is 3. The lowest BCUT2D eigenvalue weighted by Crippen LogP contribution is -2.14. The molecule has 0 bridgehead atoms. The summed E-state index contributed by atoms with van der Waals surface area (Å²) in [5, 5.41) is 15.7. The van der Waals surface area contributed by atoms with Crippen molar-refractivity contribution in [1.82, 2.24) is 9.78 Å². The summed E-state index contributed by atoms with van der Waals surface area (Å²) in [6.45, 7) is 1.90. The number of hydrogen-bond acceptors (Lipinski definition) is 3. The average molecular weight is 272 g/mol. The van der Waals surface area contributed by atoms with Crippen molar-refractivity contribution in [1.29, 1.82) is 5.26 Å². The molecular weight excluding hydrogens is 259 g/mol. The smallest absolute Gasteiger partial charge is 0.259 e. The molecule has 0 unspecified atom stereocenters. The summed E-state index contributed by atoms with van der Waals surface area (Å²) in [6.07, 6.45) is 2.24. The van der Waals surface area contributed by atoms with Crippen molar-refractivity contribution in [3.8, 4) is 6.07 Å². The summed E-state index contributed by atoms with van der Waals surface area (Å²) in [4.78, 5) is 12.2. The van der Waals surface area contributed by atoms with Gasteiger partial charge in [0.1, 0.15) is 11.9 Å². The van der Waals surface area contributed by atoms with Crippen LogP contribution in [-0.2, 0) is 13.5 Å². The number of aromatic nitrogens is 2. The quantitative estimate of drug-likeness (QED) is 0.931. The Morgan fingerprint density at radius 1 is 1.55 bits per heavy atom. The molecule has 2 rings (SSSR count). The summed E-state index contributed by atoms with van der Waals surface area (Å²) in [5.74, 6) is -0.881. The molecule has 1 amide bonds. The van der Waals surface area contributed by atoms with E-state index in [1.54, 1.807) is 17.9 Å². The minimum atomic E-state index is -0.518. The number of nitrogens with zero attached hydrogens (tertiary/aromatic N) is 3. The number of halogens is 1. The van der Waals surface area contributed by atoms with Gasteiger partial charge in [-0.25, -0.2) is 4.39 Å². The molecule has 0 aliphatic rings. The number of hydrogen-bond donors (Lipinski definition) is 1. The van der Waals surface area contributed by atoms with Crippen molar-refractivity contribution < 1.29 is 9.18 Å². The van der Waals surface area contributed by atoms with Gasteiger partial charge in [-0.1, -0.05) is 6.92 Å². The molecule has 0 saturated heterocycles. The third-order valence-corrected chi connectivity index (χ3v) is 2.84. The molecular formula is C14H13FN4O. The van der Waals surface area contributed by atoms with Gasteiger partial charge in [0, 0.05) is 13.2 Å². The number of aryl methyl sites for hydroxylation is 2. The van der Waals surface area contributed by atoms with Gasteiger partial charge < -0.3 is 5.32 Å². The molecule has 20 heavy (non-hydrogen) atoms. The summed E-state index contributed by atoms with van der Waals surface area (Å²) in [5.41, 5.74) is 1.49. The minimum absolute atomic E-state index is 0.0836. The van der Waals surface area contributed by atoms with Crippen LogP contribution in [0.15, 0.2) is 24.4 Å². The monoisotopic (exact) mass is 272 g/mol. The Morgan fingerprint density at radius 2 is 2.30 bits per heavy atom. The second kappa shape index (κ2) is 5.53. The van der Waals surface area contributed by atoms with E-state index in [4.69, 9.17) is 5.26 Å². The summed E-state index contributed by atoms with van der Waals surface area (Å²) in [7, 11) is 1.73. The number of nitriles is 1. The van der Waals surface area contributed by atoms with Crippen LogP contribution in [0.2, 0.25) is 0 Å². The Hall–Kier alpha value is -2.68. The average Bonchev–Trinajstić information content (AvgIpc) is 2.82. The zero-order chi connectivity index (χ0) is 14.7. The molecule has 1 N–H and O–H groups in total. The van der Waals surface area contributed by atoms with Crippen LogP contribution in [0, 0.1) is 17.1 Å². The second-order valence-corrected chi connectivity index (χ2v) is 4.27. The predicted octanol–water partition coefficient (Wildman–Crippen LogP) is 2.25. The van der Waals surface area contributed by atoms with Gasteiger partial charge in [0.05, 0.1) is 22.5 Å². The summed E-state index contributed by atoms with van der Waals surface area (Å²) >= 11 is 0. The van der Waals surface area contributed by atoms with Crippen LogP contribution < -0.4 is 5.32 Å². The van der Waals surface area contributed by atoms with E-state index in [9.17, 15) is 9.18 Å². The number of carbonyl (C=O) groups is 1. The van der Waals surface area contributed by atoms with Gasteiger partial charge in [0.15, 0.2) is 0 Å². The molecule has 0 radical (unpaired) electrons. The van der Waals surface area contributed by atoms with E-state index in [-0.39, 0.29) is 17.2 Å². The molecule has 0 aliphatic heterocycles. The number of benzene rings is 1. The topological polar surface area (TPSA) is 70.7 Å². The minimum Gasteiger partial charge on any atom is -0.321 e. The largest absolute Gasteiger partial charge is 0.321 e. The Balaban J connectivity index is 2.30. The third kappa shape index (κ3) is 2.67. The van der Waals surface area contributed by atoms with Gasteiger partial charge >= 0.3 is 0 Å². The molecule has 0 fully saturated rings. The van der Waals surface area contributed by atoms with Gasteiger partial charge in [0.2, 0.25) is 0 Å². The fourth-order valence-corrected chi connectivity index (χ4v) is 1.89. The van der Waals surface area contributed by atoms with Crippen LogP contribution >= 0.6 is 0 Å². The van der Waals surface area contributed by atoms with Crippen LogP contribution in [0.4, 0.5) is 10.1 Å². The number of anilines is 1. The fourth-order valence-electron chi connectivity index (χ4n) is 1.89. The molecule has 0 saturated carbocycles. The van der Waals surface area contributed by atoms with Crippen molar-refractivity contribution in [2.75, 3.05) is 5.32 Å². The highest BCUT2D eigenvalue weighted by Gasteiger charge is 2.16. The summed E-state index contributed by atoms with van der Waals surface area (Å²) < 4.78 is 14.6. The van der Waals surface area contributed by atoms with E-state index >= 15 is 0 Å². The SMILES string of the molecule is CCc1nn(C)cc1C(=O)Nc1ccc(F)cc1C#N. The Labute approximate surface area is 115 Å². The second-order valence-electron chi connectivity index (χ2n) is 4.27. The van der Waals surface area contributed by atoms with Crippen LogP contribution in [0.3, 0.4) is 0 Å². The van der Waals surface area contributed by atoms with Crippen molar-refractivity contribution in [3.05, 3.63) is 47.0 Å². The van der Waals surface area contributed by atoms with Crippen LogP contribution in [0.1, 0.15) is 28.5 Å². The zero-order valence-corrected chi connectivity index (χ0v) is 11.1. The number of nitrogens with one attached hydrogen (secondary N) is 1. The highest BCUT2D eigenvalue weighted by Crippen LogP contribution is 2.18. The molecule has 0 atom stereocenters. The van der Waals surface area contributed by atoms with E-state index in [0.29, 0.717) is 17.7 Å². The maximum absolute atomic E-state index is 13.0. The maximum Gasteiger partial charge on any atom is 0.259 e. The molecule has 6 heteroatoms. The first-order valence-corrected chi connectivity index (χ1v) is 6.08. The first kappa shape index (κ1) is 13.7. The highest BCUT2D eigenvalue weighted by molar-refractivity contribution is 6.05. The van der Waals surface area contributed by atoms with Crippen molar-refractivity contribution in [2.24, 2.45) is 7.05 Å². The molecule has 0 aliphatic carbocycles. The van der Waals surface area contributed by atoms with Crippen LogP contribution in [0.25, 0.3) is 0 Å². The number of carbonyl (C=O) groups excluding carboxylic acids is 1. The first-order valence-electron chi connectivity index (χ1n) is 6.08. The standard InChI is InChI=1S/C14H13FN4O/c1-3-12-11(8-19(2)18-12)14(20)17-13-5-4-10(15)6-9(13)7-16/h4-6,8H,3H2,1-2H3,(H,17,20). The van der Waals surface area contributed by atoms with Gasteiger partial charge in [-0.05, 0) is 24.6 Å². The Kier molecular flexibility index (Phi) is 3.80. The van der Waals surface area contributed by atoms with Crippen molar-refractivity contribution >= 4 is 11.6 Å². The molecule has 0 spiro atoms. The van der Waals surface area contributed by atoms with Gasteiger partial charge in [-0.15, -0.1) is 0 Å². The third-order valence-electron chi connectivity index (χ3n) is 2.84. The molecule has 5 nitrogen and oxygen atoms in total. The van der Waals surface area contributed by atoms with Gasteiger partial charge in [0.25, 0.3) is 5.91 Å². The van der Waals surface area contributed by atoms with Crippen molar-refractivity contribution in [2.45, 2.75) is 13.3 Å². The molecule has 2 aromatic rings. The first-order chi connectivity index (χ1) is 9.55. The molecule has 102 valence electrons. The highest BCUT2D eigenvalue weighted by atomic mass is 19.1. The molecule has 1 aromatic carbocycles. The Morgan fingerprint density at radius 3 is 2.95 bits per heavy atom. The maximum atomic E-state index is 13.0.